The van der Waals surface area contributed by atoms with Gasteiger partial charge in [-0.1, -0.05) is 11.6 Å². The van der Waals surface area contributed by atoms with Crippen LogP contribution in [-0.2, 0) is 6.18 Å². The third kappa shape index (κ3) is 1.39. The predicted molar refractivity (Wildman–Crippen MR) is 40.8 cm³/mol. The van der Waals surface area contributed by atoms with E-state index in [9.17, 15) is 13.2 Å². The monoisotopic (exact) mass is 222 g/mol. The van der Waals surface area contributed by atoms with Crippen LogP contribution < -0.4 is 0 Å². The van der Waals surface area contributed by atoms with Gasteiger partial charge in [-0.15, -0.1) is 10.2 Å². The Morgan fingerprint density at radius 2 is 2.00 bits per heavy atom. The van der Waals surface area contributed by atoms with Gasteiger partial charge in [0.25, 0.3) is 0 Å². The zero-order valence-electron chi connectivity index (χ0n) is 6.46. The van der Waals surface area contributed by atoms with Crippen molar-refractivity contribution in [1.29, 1.82) is 0 Å². The van der Waals surface area contributed by atoms with Crippen molar-refractivity contribution in [1.82, 2.24) is 19.6 Å². The minimum Gasteiger partial charge on any atom is -0.274 e. The minimum atomic E-state index is -4.55. The number of fused-ring (bicyclic) bond motifs is 1. The number of nitrogens with zero attached hydrogens (tertiary/aromatic N) is 4. The van der Waals surface area contributed by atoms with Gasteiger partial charge in [0.2, 0.25) is 5.82 Å². The van der Waals surface area contributed by atoms with Crippen LogP contribution in [0.1, 0.15) is 5.82 Å². The summed E-state index contributed by atoms with van der Waals surface area (Å²) in [5.74, 6) is -1.11. The van der Waals surface area contributed by atoms with E-state index in [1.165, 1.54) is 0 Å². The van der Waals surface area contributed by atoms with Crippen molar-refractivity contribution in [2.24, 2.45) is 0 Å². The molecule has 0 atom stereocenters. The van der Waals surface area contributed by atoms with E-state index < -0.39 is 12.0 Å². The van der Waals surface area contributed by atoms with E-state index in [-0.39, 0.29) is 10.8 Å². The van der Waals surface area contributed by atoms with Gasteiger partial charge in [-0.2, -0.15) is 13.2 Å². The van der Waals surface area contributed by atoms with E-state index in [0.29, 0.717) is 0 Å². The first-order chi connectivity index (χ1) is 6.48. The number of hydrogen-bond donors (Lipinski definition) is 0. The maximum Gasteiger partial charge on any atom is 0.452 e. The van der Waals surface area contributed by atoms with E-state index in [1.807, 2.05) is 0 Å². The first kappa shape index (κ1) is 9.20. The molecule has 2 aromatic heterocycles. The van der Waals surface area contributed by atoms with Crippen LogP contribution in [0.4, 0.5) is 13.2 Å². The predicted octanol–water partition coefficient (Wildman–Crippen LogP) is 1.80. The van der Waals surface area contributed by atoms with E-state index in [0.717, 1.165) is 16.8 Å². The molecule has 0 radical (unpaired) electrons. The molecule has 8 heteroatoms. The van der Waals surface area contributed by atoms with Crippen molar-refractivity contribution < 1.29 is 13.2 Å². The molecule has 0 unspecified atom stereocenters. The molecule has 0 spiro atoms. The van der Waals surface area contributed by atoms with Crippen LogP contribution >= 0.6 is 11.6 Å². The lowest BCUT2D eigenvalue weighted by Gasteiger charge is -2.02. The third-order valence-corrected chi connectivity index (χ3v) is 1.71. The van der Waals surface area contributed by atoms with Gasteiger partial charge in [-0.05, 0) is 0 Å². The first-order valence-electron chi connectivity index (χ1n) is 3.42. The van der Waals surface area contributed by atoms with Crippen LogP contribution in [0.15, 0.2) is 12.4 Å². The molecule has 0 aromatic carbocycles. The second kappa shape index (κ2) is 2.81. The third-order valence-electron chi connectivity index (χ3n) is 1.51. The van der Waals surface area contributed by atoms with Gasteiger partial charge >= 0.3 is 6.18 Å². The SMILES string of the molecule is FC(F)(F)c1nnc2cnc(Cl)cn12. The number of hydrogen-bond acceptors (Lipinski definition) is 3. The Morgan fingerprint density at radius 1 is 1.29 bits per heavy atom. The average molecular weight is 223 g/mol. The second-order valence-corrected chi connectivity index (χ2v) is 2.85. The summed E-state index contributed by atoms with van der Waals surface area (Å²) in [6, 6.07) is 0. The summed E-state index contributed by atoms with van der Waals surface area (Å²) in [5, 5.41) is 6.24. The molecule has 2 heterocycles. The second-order valence-electron chi connectivity index (χ2n) is 2.46. The van der Waals surface area contributed by atoms with Gasteiger partial charge < -0.3 is 0 Å². The molecule has 2 rings (SSSR count). The molecule has 74 valence electrons. The van der Waals surface area contributed by atoms with Crippen molar-refractivity contribution >= 4 is 17.2 Å². The molecule has 4 nitrogen and oxygen atoms in total. The Morgan fingerprint density at radius 3 is 2.64 bits per heavy atom. The molecule has 0 aliphatic heterocycles. The maximum absolute atomic E-state index is 12.3. The van der Waals surface area contributed by atoms with Gasteiger partial charge in [0.15, 0.2) is 5.65 Å². The number of alkyl halides is 3. The van der Waals surface area contributed by atoms with Crippen LogP contribution in [0, 0.1) is 0 Å². The molecule has 0 aliphatic carbocycles. The van der Waals surface area contributed by atoms with Gasteiger partial charge in [0.05, 0.1) is 6.20 Å². The van der Waals surface area contributed by atoms with E-state index >= 15 is 0 Å². The fourth-order valence-electron chi connectivity index (χ4n) is 0.971. The topological polar surface area (TPSA) is 43.1 Å². The summed E-state index contributed by atoms with van der Waals surface area (Å²) in [6.07, 6.45) is -2.42. The molecule has 14 heavy (non-hydrogen) atoms. The molecule has 0 saturated heterocycles. The highest BCUT2D eigenvalue weighted by Crippen LogP contribution is 2.27. The molecule has 0 aliphatic rings. The summed E-state index contributed by atoms with van der Waals surface area (Å²) in [4.78, 5) is 3.58. The van der Waals surface area contributed by atoms with Gasteiger partial charge in [-0.25, -0.2) is 4.98 Å². The molecule has 0 N–H and O–H groups in total. The van der Waals surface area contributed by atoms with Crippen LogP contribution in [0.3, 0.4) is 0 Å². The van der Waals surface area contributed by atoms with E-state index in [4.69, 9.17) is 11.6 Å². The molecular formula is C6H2ClF3N4. The fraction of sp³-hybridized carbons (Fsp3) is 0.167. The highest BCUT2D eigenvalue weighted by Gasteiger charge is 2.36. The summed E-state index contributed by atoms with van der Waals surface area (Å²) in [7, 11) is 0. The van der Waals surface area contributed by atoms with Crippen LogP contribution in [0.5, 0.6) is 0 Å². The summed E-state index contributed by atoms with van der Waals surface area (Å²) in [6.45, 7) is 0. The van der Waals surface area contributed by atoms with Crippen molar-refractivity contribution in [3.63, 3.8) is 0 Å². The summed E-state index contributed by atoms with van der Waals surface area (Å²) < 4.78 is 37.6. The zero-order chi connectivity index (χ0) is 10.3. The Balaban J connectivity index is 2.73. The Bertz CT molecular complexity index is 477. The molecule has 0 bridgehead atoms. The lowest BCUT2D eigenvalue weighted by molar-refractivity contribution is -0.145. The Kier molecular flexibility index (Phi) is 1.84. The smallest absolute Gasteiger partial charge is 0.274 e. The number of halogens is 4. The Hall–Kier alpha value is -1.37. The van der Waals surface area contributed by atoms with Crippen LogP contribution in [-0.4, -0.2) is 19.6 Å². The highest BCUT2D eigenvalue weighted by molar-refractivity contribution is 6.29. The molecule has 0 fully saturated rings. The van der Waals surface area contributed by atoms with Crippen molar-refractivity contribution in [2.45, 2.75) is 6.18 Å². The normalized spacial score (nSPS) is 12.3. The number of aromatic nitrogens is 4. The molecule has 2 aromatic rings. The maximum atomic E-state index is 12.3. The van der Waals surface area contributed by atoms with E-state index in [2.05, 4.69) is 15.2 Å². The first-order valence-corrected chi connectivity index (χ1v) is 3.80. The lowest BCUT2D eigenvalue weighted by atomic mass is 10.5. The molecule has 0 amide bonds. The summed E-state index contributed by atoms with van der Waals surface area (Å²) in [5.41, 5.74) is 0.00160. The highest BCUT2D eigenvalue weighted by atomic mass is 35.5. The van der Waals surface area contributed by atoms with Crippen molar-refractivity contribution in [2.75, 3.05) is 0 Å². The van der Waals surface area contributed by atoms with Gasteiger partial charge in [0.1, 0.15) is 5.15 Å². The lowest BCUT2D eigenvalue weighted by Crippen LogP contribution is -2.10. The fourth-order valence-corrected chi connectivity index (χ4v) is 1.12. The van der Waals surface area contributed by atoms with Crippen LogP contribution in [0.2, 0.25) is 5.15 Å². The number of rotatable bonds is 0. The van der Waals surface area contributed by atoms with Crippen molar-refractivity contribution in [3.8, 4) is 0 Å². The van der Waals surface area contributed by atoms with Gasteiger partial charge in [-0.3, -0.25) is 4.40 Å². The van der Waals surface area contributed by atoms with Gasteiger partial charge in [0, 0.05) is 6.20 Å². The Labute approximate surface area is 80.3 Å². The van der Waals surface area contributed by atoms with Crippen LogP contribution in [0.25, 0.3) is 5.65 Å². The van der Waals surface area contributed by atoms with E-state index in [1.54, 1.807) is 0 Å². The largest absolute Gasteiger partial charge is 0.452 e. The van der Waals surface area contributed by atoms with Crippen molar-refractivity contribution in [3.05, 3.63) is 23.4 Å². The zero-order valence-corrected chi connectivity index (χ0v) is 7.21. The average Bonchev–Trinajstić information content (AvgIpc) is 2.45. The molecule has 0 saturated carbocycles. The standard InChI is InChI=1S/C6H2ClF3N4/c7-3-2-14-4(1-11-3)12-13-5(14)6(8,9)10/h1-2H. The molecular weight excluding hydrogens is 221 g/mol. The summed E-state index contributed by atoms with van der Waals surface area (Å²) >= 11 is 5.44. The quantitative estimate of drug-likeness (QED) is 0.683. The minimum absolute atomic E-state index is 0.00160.